The quantitative estimate of drug-likeness (QED) is 0.618. The first-order chi connectivity index (χ1) is 14.1. The summed E-state index contributed by atoms with van der Waals surface area (Å²) in [5.74, 6) is 0.102. The third-order valence-corrected chi connectivity index (χ3v) is 5.34. The van der Waals surface area contributed by atoms with Crippen molar-refractivity contribution < 1.29 is 14.6 Å². The Bertz CT molecular complexity index is 1040. The van der Waals surface area contributed by atoms with E-state index in [1.54, 1.807) is 24.1 Å². The monoisotopic (exact) mass is 405 g/mol. The maximum Gasteiger partial charge on any atom is 0.290 e. The van der Waals surface area contributed by atoms with E-state index in [-0.39, 0.29) is 11.7 Å². The number of amides is 1. The van der Waals surface area contributed by atoms with Crippen LogP contribution in [0.25, 0.3) is 5.57 Å². The minimum absolute atomic E-state index is 0.224. The predicted molar refractivity (Wildman–Crippen MR) is 114 cm³/mol. The van der Waals surface area contributed by atoms with Gasteiger partial charge in [-0.05, 0) is 41.0 Å². The van der Waals surface area contributed by atoms with Gasteiger partial charge in [-0.3, -0.25) is 4.79 Å². The molecule has 0 saturated heterocycles. The van der Waals surface area contributed by atoms with E-state index in [4.69, 9.17) is 16.3 Å². The highest BCUT2D eigenvalue weighted by Gasteiger charge is 2.40. The number of rotatable bonds is 5. The largest absolute Gasteiger partial charge is 0.503 e. The zero-order valence-electron chi connectivity index (χ0n) is 15.9. The number of carbonyl (C=O) groups excluding carboxylic acids is 1. The molecule has 1 atom stereocenters. The second kappa shape index (κ2) is 8.02. The second-order valence-electron chi connectivity index (χ2n) is 6.86. The Morgan fingerprint density at radius 1 is 0.966 bits per heavy atom. The molecule has 3 aromatic carbocycles. The van der Waals surface area contributed by atoms with Crippen molar-refractivity contribution in [1.82, 2.24) is 4.90 Å². The SMILES string of the molecule is COc1ccc(C2=C(O)C(=O)N(Cc3ccc(Cl)cc3)C2c2ccccc2)cc1. The average Bonchev–Trinajstić information content (AvgIpc) is 3.01. The van der Waals surface area contributed by atoms with E-state index < -0.39 is 6.04 Å². The average molecular weight is 406 g/mol. The number of hydrogen-bond donors (Lipinski definition) is 1. The molecule has 1 amide bonds. The summed E-state index contributed by atoms with van der Waals surface area (Å²) < 4.78 is 5.23. The molecule has 0 radical (unpaired) electrons. The topological polar surface area (TPSA) is 49.8 Å². The van der Waals surface area contributed by atoms with Gasteiger partial charge < -0.3 is 14.7 Å². The molecule has 5 heteroatoms. The molecule has 1 aliphatic rings. The van der Waals surface area contributed by atoms with Crippen molar-refractivity contribution in [1.29, 1.82) is 0 Å². The van der Waals surface area contributed by atoms with Crippen LogP contribution in [0.4, 0.5) is 0 Å². The predicted octanol–water partition coefficient (Wildman–Crippen LogP) is 5.40. The zero-order chi connectivity index (χ0) is 20.4. The maximum absolute atomic E-state index is 13.0. The Morgan fingerprint density at radius 3 is 2.24 bits per heavy atom. The minimum Gasteiger partial charge on any atom is -0.503 e. The van der Waals surface area contributed by atoms with Gasteiger partial charge in [0.25, 0.3) is 5.91 Å². The smallest absolute Gasteiger partial charge is 0.290 e. The molecule has 0 spiro atoms. The van der Waals surface area contributed by atoms with Crippen LogP contribution in [0.2, 0.25) is 5.02 Å². The number of benzene rings is 3. The van der Waals surface area contributed by atoms with Gasteiger partial charge in [-0.15, -0.1) is 0 Å². The Kier molecular flexibility index (Phi) is 5.28. The molecule has 1 N–H and O–H groups in total. The fraction of sp³-hybridized carbons (Fsp3) is 0.125. The summed E-state index contributed by atoms with van der Waals surface area (Å²) in [5.41, 5.74) is 3.25. The van der Waals surface area contributed by atoms with Crippen LogP contribution in [0.3, 0.4) is 0 Å². The molecular weight excluding hydrogens is 386 g/mol. The molecule has 0 fully saturated rings. The molecule has 0 bridgehead atoms. The van der Waals surface area contributed by atoms with Crippen molar-refractivity contribution in [3.63, 3.8) is 0 Å². The first-order valence-corrected chi connectivity index (χ1v) is 9.64. The number of ether oxygens (including phenoxy) is 1. The van der Waals surface area contributed by atoms with Gasteiger partial charge in [-0.25, -0.2) is 0 Å². The van der Waals surface area contributed by atoms with Crippen LogP contribution >= 0.6 is 11.6 Å². The number of hydrogen-bond acceptors (Lipinski definition) is 3. The van der Waals surface area contributed by atoms with Crippen LogP contribution in [0.15, 0.2) is 84.6 Å². The van der Waals surface area contributed by atoms with Gasteiger partial charge in [0.15, 0.2) is 5.76 Å². The Morgan fingerprint density at radius 2 is 1.62 bits per heavy atom. The van der Waals surface area contributed by atoms with Crippen LogP contribution < -0.4 is 4.74 Å². The first-order valence-electron chi connectivity index (χ1n) is 9.26. The number of nitrogens with zero attached hydrogens (tertiary/aromatic N) is 1. The van der Waals surface area contributed by atoms with E-state index in [0.717, 1.165) is 16.7 Å². The first kappa shape index (κ1) is 19.1. The third-order valence-electron chi connectivity index (χ3n) is 5.09. The molecule has 1 heterocycles. The van der Waals surface area contributed by atoms with E-state index in [9.17, 15) is 9.90 Å². The molecule has 29 heavy (non-hydrogen) atoms. The molecule has 0 saturated carbocycles. The summed E-state index contributed by atoms with van der Waals surface area (Å²) in [4.78, 5) is 14.7. The summed E-state index contributed by atoms with van der Waals surface area (Å²) in [5, 5.41) is 11.4. The lowest BCUT2D eigenvalue weighted by Crippen LogP contribution is -2.29. The van der Waals surface area contributed by atoms with E-state index >= 15 is 0 Å². The standard InChI is InChI=1S/C24H20ClNO3/c1-29-20-13-9-17(10-14-20)21-22(18-5-3-2-4-6-18)26(24(28)23(21)27)15-16-7-11-19(25)12-8-16/h2-14,22,27H,15H2,1H3. The fourth-order valence-electron chi connectivity index (χ4n) is 3.65. The normalized spacial score (nSPS) is 16.4. The van der Waals surface area contributed by atoms with Gasteiger partial charge in [0.1, 0.15) is 5.75 Å². The van der Waals surface area contributed by atoms with Gasteiger partial charge in [0, 0.05) is 17.1 Å². The molecular formula is C24H20ClNO3. The van der Waals surface area contributed by atoms with E-state index in [0.29, 0.717) is 22.9 Å². The van der Waals surface area contributed by atoms with Crippen molar-refractivity contribution in [3.05, 3.63) is 106 Å². The maximum atomic E-state index is 13.0. The molecule has 4 nitrogen and oxygen atoms in total. The van der Waals surface area contributed by atoms with Crippen LogP contribution in [0, 0.1) is 0 Å². The summed E-state index contributed by atoms with van der Waals surface area (Å²) >= 11 is 5.99. The minimum atomic E-state index is -0.396. The number of aliphatic hydroxyl groups excluding tert-OH is 1. The van der Waals surface area contributed by atoms with Gasteiger partial charge in [-0.2, -0.15) is 0 Å². The van der Waals surface area contributed by atoms with E-state index in [2.05, 4.69) is 0 Å². The lowest BCUT2D eigenvalue weighted by molar-refractivity contribution is -0.130. The van der Waals surface area contributed by atoms with E-state index in [1.807, 2.05) is 66.7 Å². The number of halogens is 1. The Balaban J connectivity index is 1.78. The van der Waals surface area contributed by atoms with Gasteiger partial charge in [-0.1, -0.05) is 66.2 Å². The molecule has 4 rings (SSSR count). The molecule has 0 aromatic heterocycles. The zero-order valence-corrected chi connectivity index (χ0v) is 16.6. The van der Waals surface area contributed by atoms with Crippen LogP contribution in [-0.4, -0.2) is 23.0 Å². The number of carbonyl (C=O) groups is 1. The highest BCUT2D eigenvalue weighted by atomic mass is 35.5. The van der Waals surface area contributed by atoms with Gasteiger partial charge in [0.2, 0.25) is 0 Å². The van der Waals surface area contributed by atoms with Crippen LogP contribution in [-0.2, 0) is 11.3 Å². The highest BCUT2D eigenvalue weighted by Crippen LogP contribution is 2.43. The van der Waals surface area contributed by atoms with Gasteiger partial charge in [0.05, 0.1) is 13.2 Å². The van der Waals surface area contributed by atoms with Crippen molar-refractivity contribution in [2.75, 3.05) is 7.11 Å². The Hall–Kier alpha value is -3.24. The van der Waals surface area contributed by atoms with Crippen molar-refractivity contribution >= 4 is 23.1 Å². The lowest BCUT2D eigenvalue weighted by Gasteiger charge is -2.27. The van der Waals surface area contributed by atoms with E-state index in [1.165, 1.54) is 0 Å². The molecule has 146 valence electrons. The number of aliphatic hydroxyl groups is 1. The molecule has 1 aliphatic heterocycles. The van der Waals surface area contributed by atoms with Crippen LogP contribution in [0.1, 0.15) is 22.7 Å². The summed E-state index contributed by atoms with van der Waals surface area (Å²) in [6, 6.07) is 24.1. The second-order valence-corrected chi connectivity index (χ2v) is 7.30. The number of methoxy groups -OCH3 is 1. The summed E-state index contributed by atoms with van der Waals surface area (Å²) in [6.07, 6.45) is 0. The van der Waals surface area contributed by atoms with Crippen LogP contribution in [0.5, 0.6) is 5.75 Å². The van der Waals surface area contributed by atoms with Crippen molar-refractivity contribution in [3.8, 4) is 5.75 Å². The fourth-order valence-corrected chi connectivity index (χ4v) is 3.78. The molecule has 3 aromatic rings. The Labute approximate surface area is 174 Å². The molecule has 1 unspecified atom stereocenters. The third kappa shape index (κ3) is 3.71. The van der Waals surface area contributed by atoms with Crippen molar-refractivity contribution in [2.45, 2.75) is 12.6 Å². The van der Waals surface area contributed by atoms with Crippen molar-refractivity contribution in [2.24, 2.45) is 0 Å². The summed E-state index contributed by atoms with van der Waals surface area (Å²) in [6.45, 7) is 0.360. The summed E-state index contributed by atoms with van der Waals surface area (Å²) in [7, 11) is 1.60. The molecule has 0 aliphatic carbocycles. The lowest BCUT2D eigenvalue weighted by atomic mass is 9.93. The van der Waals surface area contributed by atoms with Gasteiger partial charge >= 0.3 is 0 Å². The highest BCUT2D eigenvalue weighted by molar-refractivity contribution is 6.30.